The first-order valence-electron chi connectivity index (χ1n) is 7.20. The Morgan fingerprint density at radius 2 is 1.85 bits per heavy atom. The maximum Gasteiger partial charge on any atom is 0.272 e. The summed E-state index contributed by atoms with van der Waals surface area (Å²) >= 11 is 0. The van der Waals surface area contributed by atoms with Crippen LogP contribution in [0, 0.1) is 0 Å². The molecule has 0 unspecified atom stereocenters. The third kappa shape index (κ3) is 3.56. The molecular formula is C15H21N3O2. The number of pyridine rings is 1. The van der Waals surface area contributed by atoms with Gasteiger partial charge in [0.15, 0.2) is 0 Å². The van der Waals surface area contributed by atoms with Gasteiger partial charge in [0.05, 0.1) is 0 Å². The van der Waals surface area contributed by atoms with Gasteiger partial charge in [0.1, 0.15) is 5.69 Å². The number of rotatable bonds is 4. The molecule has 108 valence electrons. The third-order valence-electron chi connectivity index (χ3n) is 3.55. The summed E-state index contributed by atoms with van der Waals surface area (Å²) in [6, 6.07) is 5.33. The molecule has 1 fully saturated rings. The summed E-state index contributed by atoms with van der Waals surface area (Å²) in [5.41, 5.74) is 0.471. The Morgan fingerprint density at radius 3 is 2.45 bits per heavy atom. The standard InChI is InChI=1S/C15H21N3O2/c1-2-3-7-14(19)17-9-11-18(12-10-17)15(20)13-6-4-5-8-16-13/h4-6,8H,2-3,7,9-12H2,1H3. The van der Waals surface area contributed by atoms with E-state index in [0.29, 0.717) is 38.3 Å². The zero-order chi connectivity index (χ0) is 14.4. The zero-order valence-electron chi connectivity index (χ0n) is 11.9. The summed E-state index contributed by atoms with van der Waals surface area (Å²) in [6.07, 6.45) is 4.21. The maximum absolute atomic E-state index is 12.2. The first-order valence-corrected chi connectivity index (χ1v) is 7.20. The summed E-state index contributed by atoms with van der Waals surface area (Å²) in [5, 5.41) is 0. The highest BCUT2D eigenvalue weighted by molar-refractivity contribution is 5.92. The Hall–Kier alpha value is -1.91. The van der Waals surface area contributed by atoms with Gasteiger partial charge in [-0.2, -0.15) is 0 Å². The minimum absolute atomic E-state index is 0.0498. The van der Waals surface area contributed by atoms with Crippen molar-refractivity contribution >= 4 is 11.8 Å². The molecule has 0 radical (unpaired) electrons. The highest BCUT2D eigenvalue weighted by Crippen LogP contribution is 2.09. The van der Waals surface area contributed by atoms with Crippen LogP contribution >= 0.6 is 0 Å². The molecule has 0 bridgehead atoms. The fourth-order valence-electron chi connectivity index (χ4n) is 2.30. The predicted molar refractivity (Wildman–Crippen MR) is 76.2 cm³/mol. The molecule has 1 aliphatic heterocycles. The molecule has 5 nitrogen and oxygen atoms in total. The number of piperazine rings is 1. The van der Waals surface area contributed by atoms with Crippen LogP contribution in [0.15, 0.2) is 24.4 Å². The van der Waals surface area contributed by atoms with Crippen LogP contribution in [-0.4, -0.2) is 52.8 Å². The highest BCUT2D eigenvalue weighted by atomic mass is 16.2. The average molecular weight is 275 g/mol. The summed E-state index contributed by atoms with van der Waals surface area (Å²) in [5.74, 6) is 0.156. The number of nitrogens with zero attached hydrogens (tertiary/aromatic N) is 3. The van der Waals surface area contributed by atoms with Crippen molar-refractivity contribution in [3.63, 3.8) is 0 Å². The van der Waals surface area contributed by atoms with Crippen molar-refractivity contribution in [2.75, 3.05) is 26.2 Å². The van der Waals surface area contributed by atoms with Crippen LogP contribution in [0.1, 0.15) is 36.7 Å². The second-order valence-corrected chi connectivity index (χ2v) is 4.99. The van der Waals surface area contributed by atoms with Crippen LogP contribution in [0.4, 0.5) is 0 Å². The second kappa shape index (κ2) is 7.03. The summed E-state index contributed by atoms with van der Waals surface area (Å²) in [6.45, 7) is 4.51. The largest absolute Gasteiger partial charge is 0.339 e. The number of amides is 2. The molecule has 0 spiro atoms. The van der Waals surface area contributed by atoms with Gasteiger partial charge in [0.2, 0.25) is 5.91 Å². The molecule has 20 heavy (non-hydrogen) atoms. The van der Waals surface area contributed by atoms with E-state index in [1.54, 1.807) is 23.2 Å². The number of hydrogen-bond donors (Lipinski definition) is 0. The molecule has 2 rings (SSSR count). The summed E-state index contributed by atoms with van der Waals surface area (Å²) < 4.78 is 0. The number of carbonyl (C=O) groups is 2. The SMILES string of the molecule is CCCCC(=O)N1CCN(C(=O)c2ccccn2)CC1. The molecule has 0 atom stereocenters. The third-order valence-corrected chi connectivity index (χ3v) is 3.55. The number of aromatic nitrogens is 1. The Bertz CT molecular complexity index is 453. The van der Waals surface area contributed by atoms with Crippen LogP contribution in [0.5, 0.6) is 0 Å². The lowest BCUT2D eigenvalue weighted by molar-refractivity contribution is -0.132. The van der Waals surface area contributed by atoms with E-state index in [1.165, 1.54) is 0 Å². The molecule has 5 heteroatoms. The molecule has 2 heterocycles. The van der Waals surface area contributed by atoms with Crippen LogP contribution in [0.3, 0.4) is 0 Å². The smallest absolute Gasteiger partial charge is 0.272 e. The molecule has 2 amide bonds. The van der Waals surface area contributed by atoms with Gasteiger partial charge < -0.3 is 9.80 Å². The van der Waals surface area contributed by atoms with E-state index in [2.05, 4.69) is 11.9 Å². The predicted octanol–water partition coefficient (Wildman–Crippen LogP) is 1.56. The summed E-state index contributed by atoms with van der Waals surface area (Å²) in [7, 11) is 0. The van der Waals surface area contributed by atoms with Crippen molar-refractivity contribution < 1.29 is 9.59 Å². The molecule has 1 aliphatic rings. The van der Waals surface area contributed by atoms with Crippen LogP contribution in [0.2, 0.25) is 0 Å². The van der Waals surface area contributed by atoms with E-state index >= 15 is 0 Å². The number of unbranched alkanes of at least 4 members (excludes halogenated alkanes) is 1. The van der Waals surface area contributed by atoms with Gasteiger partial charge in [-0.1, -0.05) is 19.4 Å². The Morgan fingerprint density at radius 1 is 1.15 bits per heavy atom. The van der Waals surface area contributed by atoms with Gasteiger partial charge in [-0.25, -0.2) is 0 Å². The molecule has 1 aromatic rings. The number of hydrogen-bond acceptors (Lipinski definition) is 3. The van der Waals surface area contributed by atoms with E-state index < -0.39 is 0 Å². The lowest BCUT2D eigenvalue weighted by Crippen LogP contribution is -2.50. The van der Waals surface area contributed by atoms with Gasteiger partial charge in [0.25, 0.3) is 5.91 Å². The monoisotopic (exact) mass is 275 g/mol. The lowest BCUT2D eigenvalue weighted by Gasteiger charge is -2.34. The van der Waals surface area contributed by atoms with Crippen LogP contribution in [0.25, 0.3) is 0 Å². The van der Waals surface area contributed by atoms with Crippen molar-refractivity contribution in [3.8, 4) is 0 Å². The van der Waals surface area contributed by atoms with Gasteiger partial charge >= 0.3 is 0 Å². The zero-order valence-corrected chi connectivity index (χ0v) is 11.9. The van der Waals surface area contributed by atoms with Crippen molar-refractivity contribution in [2.24, 2.45) is 0 Å². The normalized spacial score (nSPS) is 15.2. The summed E-state index contributed by atoms with van der Waals surface area (Å²) in [4.78, 5) is 31.8. The minimum atomic E-state index is -0.0498. The maximum atomic E-state index is 12.2. The van der Waals surface area contributed by atoms with Gasteiger partial charge in [-0.05, 0) is 18.6 Å². The first kappa shape index (κ1) is 14.5. The van der Waals surface area contributed by atoms with E-state index in [0.717, 1.165) is 12.8 Å². The quantitative estimate of drug-likeness (QED) is 0.838. The van der Waals surface area contributed by atoms with Crippen molar-refractivity contribution in [1.82, 2.24) is 14.8 Å². The van der Waals surface area contributed by atoms with E-state index in [1.807, 2.05) is 11.0 Å². The Kier molecular flexibility index (Phi) is 5.09. The van der Waals surface area contributed by atoms with E-state index in [-0.39, 0.29) is 11.8 Å². The fraction of sp³-hybridized carbons (Fsp3) is 0.533. The van der Waals surface area contributed by atoms with Crippen molar-refractivity contribution in [1.29, 1.82) is 0 Å². The van der Waals surface area contributed by atoms with E-state index in [9.17, 15) is 9.59 Å². The minimum Gasteiger partial charge on any atom is -0.339 e. The van der Waals surface area contributed by atoms with Crippen molar-refractivity contribution in [2.45, 2.75) is 26.2 Å². The Labute approximate surface area is 119 Å². The molecule has 0 N–H and O–H groups in total. The number of carbonyl (C=O) groups excluding carboxylic acids is 2. The van der Waals surface area contributed by atoms with Crippen LogP contribution < -0.4 is 0 Å². The first-order chi connectivity index (χ1) is 9.72. The van der Waals surface area contributed by atoms with Crippen molar-refractivity contribution in [3.05, 3.63) is 30.1 Å². The highest BCUT2D eigenvalue weighted by Gasteiger charge is 2.24. The van der Waals surface area contributed by atoms with Gasteiger partial charge in [-0.15, -0.1) is 0 Å². The molecule has 0 saturated carbocycles. The van der Waals surface area contributed by atoms with E-state index in [4.69, 9.17) is 0 Å². The van der Waals surface area contributed by atoms with Crippen LogP contribution in [-0.2, 0) is 4.79 Å². The van der Waals surface area contributed by atoms with Gasteiger partial charge in [-0.3, -0.25) is 14.6 Å². The topological polar surface area (TPSA) is 53.5 Å². The fourth-order valence-corrected chi connectivity index (χ4v) is 2.30. The average Bonchev–Trinajstić information content (AvgIpc) is 2.53. The molecule has 1 aromatic heterocycles. The molecule has 0 aromatic carbocycles. The molecule has 0 aliphatic carbocycles. The molecular weight excluding hydrogens is 254 g/mol. The lowest BCUT2D eigenvalue weighted by atomic mass is 10.2. The Balaban J connectivity index is 1.85. The second-order valence-electron chi connectivity index (χ2n) is 4.99. The van der Waals surface area contributed by atoms with Gasteiger partial charge in [0, 0.05) is 38.8 Å². The molecule has 1 saturated heterocycles.